The van der Waals surface area contributed by atoms with Gasteiger partial charge in [0, 0.05) is 5.56 Å². The molecule has 21 heavy (non-hydrogen) atoms. The summed E-state index contributed by atoms with van der Waals surface area (Å²) in [5, 5.41) is 0.0692. The lowest BCUT2D eigenvalue weighted by Crippen LogP contribution is -2.29. The molecule has 0 bridgehead atoms. The third kappa shape index (κ3) is 3.73. The van der Waals surface area contributed by atoms with Gasteiger partial charge in [-0.1, -0.05) is 42.8 Å². The molecule has 1 unspecified atom stereocenters. The van der Waals surface area contributed by atoms with Crippen molar-refractivity contribution >= 4 is 11.6 Å². The van der Waals surface area contributed by atoms with Gasteiger partial charge >= 0.3 is 0 Å². The molecular weight excluding hydrogens is 291 g/mol. The van der Waals surface area contributed by atoms with Crippen LogP contribution in [0.3, 0.4) is 0 Å². The molecule has 0 aromatic heterocycles. The quantitative estimate of drug-likeness (QED) is 0.630. The summed E-state index contributed by atoms with van der Waals surface area (Å²) in [6.07, 6.45) is 0.914. The van der Waals surface area contributed by atoms with Crippen LogP contribution in [0.4, 0.5) is 4.39 Å². The Bertz CT molecular complexity index is 607. The second-order valence-electron chi connectivity index (χ2n) is 4.66. The minimum Gasteiger partial charge on any atom is -0.493 e. The first-order valence-corrected chi connectivity index (χ1v) is 7.18. The molecule has 2 aromatic carbocycles. The fourth-order valence-electron chi connectivity index (χ4n) is 2.12. The van der Waals surface area contributed by atoms with Crippen molar-refractivity contribution in [3.8, 4) is 5.75 Å². The van der Waals surface area contributed by atoms with E-state index in [1.54, 1.807) is 12.1 Å². The van der Waals surface area contributed by atoms with Gasteiger partial charge in [0.1, 0.15) is 11.6 Å². The van der Waals surface area contributed by atoms with Crippen molar-refractivity contribution in [2.45, 2.75) is 19.4 Å². The van der Waals surface area contributed by atoms with Crippen LogP contribution < -0.4 is 16.0 Å². The van der Waals surface area contributed by atoms with E-state index in [0.29, 0.717) is 6.61 Å². The van der Waals surface area contributed by atoms with Gasteiger partial charge < -0.3 is 4.74 Å². The van der Waals surface area contributed by atoms with Gasteiger partial charge in [-0.3, -0.25) is 5.84 Å². The van der Waals surface area contributed by atoms with Crippen LogP contribution in [-0.4, -0.2) is 6.61 Å². The summed E-state index contributed by atoms with van der Waals surface area (Å²) in [4.78, 5) is 0. The molecule has 3 N–H and O–H groups in total. The number of benzene rings is 2. The number of hydrazine groups is 1. The van der Waals surface area contributed by atoms with Gasteiger partial charge in [0.05, 0.1) is 17.7 Å². The number of hydrogen-bond donors (Lipinski definition) is 2. The highest BCUT2D eigenvalue weighted by Gasteiger charge is 2.18. The molecule has 0 saturated heterocycles. The predicted octanol–water partition coefficient (Wildman–Crippen LogP) is 3.82. The van der Waals surface area contributed by atoms with E-state index in [9.17, 15) is 4.39 Å². The molecule has 1 atom stereocenters. The highest BCUT2D eigenvalue weighted by molar-refractivity contribution is 6.30. The monoisotopic (exact) mass is 308 g/mol. The molecule has 0 aliphatic rings. The molecule has 0 amide bonds. The summed E-state index contributed by atoms with van der Waals surface area (Å²) in [7, 11) is 0. The predicted molar refractivity (Wildman–Crippen MR) is 82.8 cm³/mol. The van der Waals surface area contributed by atoms with Crippen molar-refractivity contribution < 1.29 is 9.13 Å². The fourth-order valence-corrected chi connectivity index (χ4v) is 2.31. The summed E-state index contributed by atoms with van der Waals surface area (Å²) in [6.45, 7) is 2.67. The molecule has 5 heteroatoms. The van der Waals surface area contributed by atoms with E-state index >= 15 is 0 Å². The summed E-state index contributed by atoms with van der Waals surface area (Å²) < 4.78 is 19.0. The first-order valence-electron chi connectivity index (χ1n) is 6.80. The van der Waals surface area contributed by atoms with Crippen molar-refractivity contribution in [3.63, 3.8) is 0 Å². The SMILES string of the molecule is CCCOc1ccccc1C(NN)c1ccc(F)c(Cl)c1. The van der Waals surface area contributed by atoms with E-state index in [1.165, 1.54) is 6.07 Å². The molecule has 112 valence electrons. The summed E-state index contributed by atoms with van der Waals surface area (Å²) in [5.41, 5.74) is 4.40. The number of nitrogens with two attached hydrogens (primary N) is 1. The molecule has 0 heterocycles. The van der Waals surface area contributed by atoms with E-state index in [1.807, 2.05) is 31.2 Å². The van der Waals surface area contributed by atoms with Gasteiger partial charge in [-0.2, -0.15) is 0 Å². The number of hydrogen-bond acceptors (Lipinski definition) is 3. The van der Waals surface area contributed by atoms with Crippen LogP contribution in [0.15, 0.2) is 42.5 Å². The number of para-hydroxylation sites is 1. The molecule has 0 fully saturated rings. The van der Waals surface area contributed by atoms with Crippen LogP contribution in [0.1, 0.15) is 30.5 Å². The van der Waals surface area contributed by atoms with Gasteiger partial charge in [-0.05, 0) is 30.2 Å². The van der Waals surface area contributed by atoms with Crippen molar-refractivity contribution in [2.24, 2.45) is 5.84 Å². The Labute approximate surface area is 128 Å². The lowest BCUT2D eigenvalue weighted by atomic mass is 9.98. The lowest BCUT2D eigenvalue weighted by molar-refractivity contribution is 0.311. The molecular formula is C16H18ClFN2O. The Balaban J connectivity index is 2.38. The van der Waals surface area contributed by atoms with E-state index in [0.717, 1.165) is 23.3 Å². The van der Waals surface area contributed by atoms with Gasteiger partial charge in [-0.15, -0.1) is 0 Å². The zero-order chi connectivity index (χ0) is 15.2. The van der Waals surface area contributed by atoms with Crippen molar-refractivity contribution in [1.82, 2.24) is 5.43 Å². The second-order valence-corrected chi connectivity index (χ2v) is 5.07. The average molecular weight is 309 g/mol. The molecule has 0 aliphatic heterocycles. The smallest absolute Gasteiger partial charge is 0.141 e. The van der Waals surface area contributed by atoms with Crippen LogP contribution in [-0.2, 0) is 0 Å². The third-order valence-corrected chi connectivity index (χ3v) is 3.43. The maximum atomic E-state index is 13.3. The first kappa shape index (κ1) is 15.8. The van der Waals surface area contributed by atoms with Gasteiger partial charge in [0.15, 0.2) is 0 Å². The zero-order valence-corrected chi connectivity index (χ0v) is 12.5. The molecule has 0 saturated carbocycles. The minimum absolute atomic E-state index is 0.0692. The summed E-state index contributed by atoms with van der Waals surface area (Å²) in [5.74, 6) is 5.98. The molecule has 3 nitrogen and oxygen atoms in total. The maximum Gasteiger partial charge on any atom is 0.141 e. The fraction of sp³-hybridized carbons (Fsp3) is 0.250. The van der Waals surface area contributed by atoms with Crippen LogP contribution in [0.5, 0.6) is 5.75 Å². The number of rotatable bonds is 6. The third-order valence-electron chi connectivity index (χ3n) is 3.14. The van der Waals surface area contributed by atoms with Crippen LogP contribution >= 0.6 is 11.6 Å². The van der Waals surface area contributed by atoms with Crippen LogP contribution in [0.25, 0.3) is 0 Å². The summed E-state index contributed by atoms with van der Waals surface area (Å²) in [6, 6.07) is 11.9. The van der Waals surface area contributed by atoms with Crippen molar-refractivity contribution in [1.29, 1.82) is 0 Å². The molecule has 2 rings (SSSR count). The summed E-state index contributed by atoms with van der Waals surface area (Å²) >= 11 is 5.85. The Kier molecular flexibility index (Phi) is 5.56. The molecule has 0 aliphatic carbocycles. The number of nitrogens with one attached hydrogen (secondary N) is 1. The number of halogens is 2. The Morgan fingerprint density at radius 3 is 2.71 bits per heavy atom. The van der Waals surface area contributed by atoms with Crippen molar-refractivity contribution in [3.05, 3.63) is 64.4 Å². The van der Waals surface area contributed by atoms with E-state index in [-0.39, 0.29) is 11.1 Å². The lowest BCUT2D eigenvalue weighted by Gasteiger charge is -2.20. The Morgan fingerprint density at radius 2 is 2.05 bits per heavy atom. The highest BCUT2D eigenvalue weighted by Crippen LogP contribution is 2.31. The zero-order valence-electron chi connectivity index (χ0n) is 11.8. The molecule has 0 spiro atoms. The topological polar surface area (TPSA) is 47.3 Å². The second kappa shape index (κ2) is 7.41. The molecule has 0 radical (unpaired) electrons. The van der Waals surface area contributed by atoms with Crippen LogP contribution in [0, 0.1) is 5.82 Å². The van der Waals surface area contributed by atoms with Gasteiger partial charge in [0.2, 0.25) is 0 Å². The Hall–Kier alpha value is -1.62. The first-order chi connectivity index (χ1) is 10.2. The van der Waals surface area contributed by atoms with Crippen molar-refractivity contribution in [2.75, 3.05) is 6.61 Å². The van der Waals surface area contributed by atoms with E-state index < -0.39 is 5.82 Å². The standard InChI is InChI=1S/C16H18ClFN2O/c1-2-9-21-15-6-4-3-5-12(15)16(20-19)11-7-8-14(18)13(17)10-11/h3-8,10,16,20H,2,9,19H2,1H3. The highest BCUT2D eigenvalue weighted by atomic mass is 35.5. The number of ether oxygens (including phenoxy) is 1. The maximum absolute atomic E-state index is 13.3. The minimum atomic E-state index is -0.452. The van der Waals surface area contributed by atoms with Gasteiger partial charge in [0.25, 0.3) is 0 Å². The van der Waals surface area contributed by atoms with Crippen LogP contribution in [0.2, 0.25) is 5.02 Å². The average Bonchev–Trinajstić information content (AvgIpc) is 2.50. The normalized spacial score (nSPS) is 12.2. The Morgan fingerprint density at radius 1 is 1.29 bits per heavy atom. The largest absolute Gasteiger partial charge is 0.493 e. The van der Waals surface area contributed by atoms with E-state index in [2.05, 4.69) is 5.43 Å². The van der Waals surface area contributed by atoms with Gasteiger partial charge in [-0.25, -0.2) is 9.82 Å². The molecule has 2 aromatic rings. The van der Waals surface area contributed by atoms with E-state index in [4.69, 9.17) is 22.2 Å².